The van der Waals surface area contributed by atoms with Gasteiger partial charge in [-0.05, 0) is 92.0 Å². The molecule has 0 N–H and O–H groups in total. The third-order valence-corrected chi connectivity index (χ3v) is 14.0. The van der Waals surface area contributed by atoms with E-state index in [-0.39, 0.29) is 0 Å². The first-order chi connectivity index (χ1) is 28.8. The van der Waals surface area contributed by atoms with Crippen molar-refractivity contribution in [1.82, 2.24) is 0 Å². The van der Waals surface area contributed by atoms with Crippen molar-refractivity contribution >= 4 is 48.6 Å². The fourth-order valence-corrected chi connectivity index (χ4v) is 11.9. The molecular formula is C56H37NS. The van der Waals surface area contributed by atoms with Crippen molar-refractivity contribution in [2.24, 2.45) is 0 Å². The molecule has 0 spiro atoms. The van der Waals surface area contributed by atoms with E-state index in [1.165, 1.54) is 81.5 Å². The van der Waals surface area contributed by atoms with Crippen LogP contribution in [0.5, 0.6) is 0 Å². The van der Waals surface area contributed by atoms with Crippen molar-refractivity contribution in [2.45, 2.75) is 10.8 Å². The zero-order chi connectivity index (χ0) is 38.3. The minimum atomic E-state index is -0.633. The summed E-state index contributed by atoms with van der Waals surface area (Å²) in [6, 6.07) is 83.8. The molecular weight excluding hydrogens is 719 g/mol. The zero-order valence-corrected chi connectivity index (χ0v) is 32.5. The van der Waals surface area contributed by atoms with Crippen molar-refractivity contribution in [1.29, 1.82) is 0 Å². The molecule has 0 aliphatic heterocycles. The molecule has 0 fully saturated rings. The number of hydrogen-bond acceptors (Lipinski definition) is 2. The van der Waals surface area contributed by atoms with E-state index in [1.54, 1.807) is 0 Å². The Morgan fingerprint density at radius 1 is 0.345 bits per heavy atom. The van der Waals surface area contributed by atoms with Crippen LogP contribution in [0.4, 0.5) is 17.1 Å². The standard InChI is InChI=1S/C56H37NS/c1-4-19-38(20-5-1)55(40-23-16-26-42(37-40)57(41-24-8-3-9-25-41)51-35-18-30-46-44-28-11-15-36-52(44)58-54(46)51)48-32-13-14-33-49(48)56(39-21-6-2-7-22-39)47-31-12-10-27-43(47)45-29-17-34-50(55)53(45)56/h1-37H. The van der Waals surface area contributed by atoms with Gasteiger partial charge >= 0.3 is 0 Å². The van der Waals surface area contributed by atoms with E-state index in [0.717, 1.165) is 11.4 Å². The van der Waals surface area contributed by atoms with Crippen LogP contribution in [0.3, 0.4) is 0 Å². The number of anilines is 3. The Morgan fingerprint density at radius 3 is 1.64 bits per heavy atom. The van der Waals surface area contributed by atoms with E-state index in [1.807, 2.05) is 11.3 Å². The maximum Gasteiger partial charge on any atom is 0.0720 e. The first kappa shape index (κ1) is 33.2. The average molecular weight is 756 g/mol. The maximum atomic E-state index is 2.47. The first-order valence-corrected chi connectivity index (χ1v) is 20.9. The fraction of sp³-hybridized carbons (Fsp3) is 0.0357. The van der Waals surface area contributed by atoms with E-state index in [4.69, 9.17) is 0 Å². The van der Waals surface area contributed by atoms with Gasteiger partial charge in [0.15, 0.2) is 0 Å². The smallest absolute Gasteiger partial charge is 0.0720 e. The number of fused-ring (bicyclic) bond motifs is 8. The predicted molar refractivity (Wildman–Crippen MR) is 243 cm³/mol. The van der Waals surface area contributed by atoms with Crippen LogP contribution in [0.2, 0.25) is 0 Å². The quantitative estimate of drug-likeness (QED) is 0.163. The topological polar surface area (TPSA) is 3.24 Å². The molecule has 2 aliphatic carbocycles. The minimum absolute atomic E-state index is 0.483. The molecule has 2 unspecified atom stereocenters. The highest BCUT2D eigenvalue weighted by atomic mass is 32.1. The van der Waals surface area contributed by atoms with E-state index in [2.05, 4.69) is 229 Å². The summed E-state index contributed by atoms with van der Waals surface area (Å²) in [5, 5.41) is 2.59. The second-order valence-corrected chi connectivity index (χ2v) is 16.6. The van der Waals surface area contributed by atoms with Crippen molar-refractivity contribution in [3.8, 4) is 11.1 Å². The molecule has 1 aromatic heterocycles. The van der Waals surface area contributed by atoms with Crippen LogP contribution >= 0.6 is 11.3 Å². The maximum absolute atomic E-state index is 2.47. The molecule has 0 radical (unpaired) electrons. The lowest BCUT2D eigenvalue weighted by molar-refractivity contribution is 0.627. The molecule has 272 valence electrons. The number of thiophene rings is 1. The van der Waals surface area contributed by atoms with E-state index in [0.29, 0.717) is 0 Å². The highest BCUT2D eigenvalue weighted by Gasteiger charge is 2.57. The average Bonchev–Trinajstić information content (AvgIpc) is 3.84. The zero-order valence-electron chi connectivity index (χ0n) is 31.7. The Balaban J connectivity index is 1.19. The summed E-state index contributed by atoms with van der Waals surface area (Å²) in [7, 11) is 0. The molecule has 1 nitrogen and oxygen atoms in total. The summed E-state index contributed by atoms with van der Waals surface area (Å²) in [6.45, 7) is 0. The molecule has 58 heavy (non-hydrogen) atoms. The third-order valence-electron chi connectivity index (χ3n) is 12.8. The van der Waals surface area contributed by atoms with Crippen LogP contribution in [0.25, 0.3) is 31.3 Å². The number of hydrogen-bond donors (Lipinski definition) is 0. The number of benzene rings is 9. The van der Waals surface area contributed by atoms with Gasteiger partial charge in [0.05, 0.1) is 21.2 Å². The van der Waals surface area contributed by atoms with E-state index < -0.39 is 10.8 Å². The van der Waals surface area contributed by atoms with Gasteiger partial charge < -0.3 is 4.90 Å². The predicted octanol–water partition coefficient (Wildman–Crippen LogP) is 14.6. The molecule has 0 bridgehead atoms. The Morgan fingerprint density at radius 2 is 0.862 bits per heavy atom. The van der Waals surface area contributed by atoms with Crippen LogP contribution < -0.4 is 4.90 Å². The molecule has 9 aromatic carbocycles. The molecule has 12 rings (SSSR count). The molecule has 0 amide bonds. The fourth-order valence-electron chi connectivity index (χ4n) is 10.6. The summed E-state index contributed by atoms with van der Waals surface area (Å²) >= 11 is 1.87. The largest absolute Gasteiger partial charge is 0.309 e. The van der Waals surface area contributed by atoms with Crippen molar-refractivity contribution < 1.29 is 0 Å². The monoisotopic (exact) mass is 755 g/mol. The molecule has 10 aromatic rings. The Labute approximate surface area is 342 Å². The lowest BCUT2D eigenvalue weighted by atomic mass is 9.51. The molecule has 0 saturated heterocycles. The summed E-state index contributed by atoms with van der Waals surface area (Å²) in [5.41, 5.74) is 15.4. The Bertz CT molecular complexity index is 3180. The highest BCUT2D eigenvalue weighted by Crippen LogP contribution is 2.66. The van der Waals surface area contributed by atoms with E-state index in [9.17, 15) is 0 Å². The Kier molecular flexibility index (Phi) is 7.30. The second kappa shape index (κ2) is 12.8. The van der Waals surface area contributed by atoms with Crippen LogP contribution in [0, 0.1) is 0 Å². The highest BCUT2D eigenvalue weighted by molar-refractivity contribution is 7.26. The van der Waals surface area contributed by atoms with Gasteiger partial charge in [0.1, 0.15) is 0 Å². The van der Waals surface area contributed by atoms with Gasteiger partial charge in [-0.15, -0.1) is 11.3 Å². The van der Waals surface area contributed by atoms with E-state index >= 15 is 0 Å². The van der Waals surface area contributed by atoms with Crippen molar-refractivity contribution in [3.63, 3.8) is 0 Å². The molecule has 0 saturated carbocycles. The SMILES string of the molecule is c1ccc(N(c2cccc(C3(c4ccccc4)c4ccccc4C4(c5ccccc5)c5ccccc5-c5cccc3c54)c2)c2cccc3c2sc2ccccc23)cc1. The number of para-hydroxylation sites is 1. The van der Waals surface area contributed by atoms with Gasteiger partial charge in [0.25, 0.3) is 0 Å². The van der Waals surface area contributed by atoms with Crippen LogP contribution in [0.15, 0.2) is 224 Å². The molecule has 2 heteroatoms. The molecule has 2 aliphatic rings. The first-order valence-electron chi connectivity index (χ1n) is 20.1. The van der Waals surface area contributed by atoms with Gasteiger partial charge in [0.2, 0.25) is 0 Å². The summed E-state index contributed by atoms with van der Waals surface area (Å²) < 4.78 is 2.58. The normalized spacial score (nSPS) is 17.4. The van der Waals surface area contributed by atoms with Crippen LogP contribution in [-0.2, 0) is 10.8 Å². The van der Waals surface area contributed by atoms with Crippen LogP contribution in [0.1, 0.15) is 44.5 Å². The van der Waals surface area contributed by atoms with Crippen LogP contribution in [-0.4, -0.2) is 0 Å². The lowest BCUT2D eigenvalue weighted by Crippen LogP contribution is -2.44. The molecule has 1 heterocycles. The van der Waals surface area contributed by atoms with Crippen molar-refractivity contribution in [3.05, 3.63) is 269 Å². The van der Waals surface area contributed by atoms with Gasteiger partial charge in [-0.3, -0.25) is 0 Å². The second-order valence-electron chi connectivity index (χ2n) is 15.5. The summed E-state index contributed by atoms with van der Waals surface area (Å²) in [6.07, 6.45) is 0. The molecule has 2 atom stereocenters. The lowest BCUT2D eigenvalue weighted by Gasteiger charge is -2.49. The summed E-state index contributed by atoms with van der Waals surface area (Å²) in [5.74, 6) is 0. The minimum Gasteiger partial charge on any atom is -0.309 e. The third kappa shape index (κ3) is 4.41. The number of nitrogens with zero attached hydrogens (tertiary/aromatic N) is 1. The summed E-state index contributed by atoms with van der Waals surface area (Å²) in [4.78, 5) is 2.47. The van der Waals surface area contributed by atoms with Gasteiger partial charge in [-0.25, -0.2) is 0 Å². The van der Waals surface area contributed by atoms with Crippen molar-refractivity contribution in [2.75, 3.05) is 4.90 Å². The van der Waals surface area contributed by atoms with Gasteiger partial charge in [0, 0.05) is 26.8 Å². The Hall–Kier alpha value is -7.00. The number of rotatable bonds is 6. The van der Waals surface area contributed by atoms with Gasteiger partial charge in [-0.2, -0.15) is 0 Å². The van der Waals surface area contributed by atoms with Gasteiger partial charge in [-0.1, -0.05) is 188 Å².